The van der Waals surface area contributed by atoms with Gasteiger partial charge in [-0.2, -0.15) is 25.3 Å². The molecule has 0 spiro atoms. The normalized spacial score (nSPS) is 16.2. The molecule has 0 saturated carbocycles. The maximum absolute atomic E-state index is 13.6. The van der Waals surface area contributed by atoms with E-state index in [1.807, 2.05) is 5.32 Å². The molecule has 0 saturated heterocycles. The molecule has 0 heterocycles. The van der Waals surface area contributed by atoms with Crippen LogP contribution in [0, 0.1) is 11.8 Å². The molecule has 34 nitrogen and oxygen atoms in total. The van der Waals surface area contributed by atoms with Gasteiger partial charge in [-0.15, -0.1) is 0 Å². The number of primary amides is 1. The molecule has 12 amide bonds. The molecule has 23 N–H and O–H groups in total. The summed E-state index contributed by atoms with van der Waals surface area (Å²) in [7, 11) is 0. The average molecular weight is 1240 g/mol. The van der Waals surface area contributed by atoms with E-state index in [9.17, 15) is 97.8 Å². The van der Waals surface area contributed by atoms with Crippen molar-refractivity contribution < 1.29 is 97.8 Å². The van der Waals surface area contributed by atoms with Gasteiger partial charge in [-0.05, 0) is 64.8 Å². The van der Waals surface area contributed by atoms with Crippen molar-refractivity contribution in [2.24, 2.45) is 29.0 Å². The first-order valence-corrected chi connectivity index (χ1v) is 27.7. The van der Waals surface area contributed by atoms with Crippen molar-refractivity contribution in [2.45, 2.75) is 172 Å². The summed E-state index contributed by atoms with van der Waals surface area (Å²) in [5.41, 5.74) is 16.2. The number of aliphatic hydroxyl groups excluding tert-OH is 4. The number of nitrogens with two attached hydrogens (primary N) is 3. The zero-order valence-electron chi connectivity index (χ0n) is 47.5. The Morgan fingerprint density at radius 3 is 1.19 bits per heavy atom. The summed E-state index contributed by atoms with van der Waals surface area (Å²) in [5, 5.41) is 84.8. The van der Waals surface area contributed by atoms with E-state index in [0.29, 0.717) is 19.4 Å². The molecule has 0 aliphatic rings. The Balaban J connectivity index is 6.16. The molecule has 84 heavy (non-hydrogen) atoms. The third-order valence-corrected chi connectivity index (χ3v) is 13.0. The number of carbonyl (C=O) groups is 14. The van der Waals surface area contributed by atoms with Crippen LogP contribution in [0.25, 0.3) is 0 Å². The van der Waals surface area contributed by atoms with Crippen LogP contribution in [0.1, 0.15) is 87.0 Å². The molecule has 0 bridgehead atoms. The smallest absolute Gasteiger partial charge is 0.326 e. The Morgan fingerprint density at radius 1 is 0.429 bits per heavy atom. The molecule has 0 radical (unpaired) electrons. The fraction of sp³-hybridized carbons (Fsp3) is 0.708. The first-order chi connectivity index (χ1) is 39.1. The van der Waals surface area contributed by atoms with Crippen molar-refractivity contribution in [3.63, 3.8) is 0 Å². The summed E-state index contributed by atoms with van der Waals surface area (Å²) < 4.78 is 0. The molecular formula is C48H84N14O20S2. The maximum Gasteiger partial charge on any atom is 0.326 e. The number of carboxylic acid groups (broad SMARTS) is 2. The van der Waals surface area contributed by atoms with Crippen molar-refractivity contribution in [3.05, 3.63) is 0 Å². The van der Waals surface area contributed by atoms with Crippen LogP contribution in [0.15, 0.2) is 0 Å². The Kier molecular flexibility index (Phi) is 35.6. The van der Waals surface area contributed by atoms with Gasteiger partial charge in [0.2, 0.25) is 70.9 Å². The predicted octanol–water partition coefficient (Wildman–Crippen LogP) is -9.46. The van der Waals surface area contributed by atoms with Crippen LogP contribution >= 0.6 is 25.3 Å². The number of carboxylic acids is 2. The number of hydrogen-bond donors (Lipinski definition) is 22. The number of carbonyl (C=O) groups excluding carboxylic acids is 12. The monoisotopic (exact) mass is 1240 g/mol. The van der Waals surface area contributed by atoms with E-state index in [0.717, 1.165) is 13.8 Å². The van der Waals surface area contributed by atoms with Crippen LogP contribution in [-0.2, 0) is 67.1 Å². The summed E-state index contributed by atoms with van der Waals surface area (Å²) in [4.78, 5) is 181. The number of aliphatic hydroxyl groups is 4. The number of amides is 12. The van der Waals surface area contributed by atoms with Crippen molar-refractivity contribution in [2.75, 3.05) is 31.3 Å². The van der Waals surface area contributed by atoms with Crippen LogP contribution < -0.4 is 75.7 Å². The van der Waals surface area contributed by atoms with E-state index in [-0.39, 0.29) is 12.2 Å². The first kappa shape index (κ1) is 77.0. The average Bonchev–Trinajstić information content (AvgIpc) is 3.59. The van der Waals surface area contributed by atoms with E-state index >= 15 is 0 Å². The molecule has 0 rings (SSSR count). The molecule has 478 valence electrons. The molecular weight excluding hydrogens is 1160 g/mol. The highest BCUT2D eigenvalue weighted by molar-refractivity contribution is 7.80. The lowest BCUT2D eigenvalue weighted by Gasteiger charge is -2.29. The zero-order chi connectivity index (χ0) is 64.9. The van der Waals surface area contributed by atoms with Crippen LogP contribution in [0.4, 0.5) is 0 Å². The number of hydrogen-bond acceptors (Lipinski definition) is 22. The van der Waals surface area contributed by atoms with Gasteiger partial charge in [-0.25, -0.2) is 4.79 Å². The standard InChI is InChI=1S/C48H84N14O20S2/c1-19(2)33(44(77)52-21(5)37(70)54-26(48(81)82)10-8-9-13-49)60-43(76)30(18-84)57-42(75)29(17-83)58-47(80)35(22(6)65)61-41(74)28(16-64)55-39(72)25(11-12-32(68)69)53-40(73)27(15-63)56-46(79)36(23(7)66)62-45(78)34(20(3)4)59-38(71)24(50)14-31(51)67/h19-30,33-36,63-66,83-84H,8-18,49-50H2,1-7H3,(H2,51,67)(H,52,77)(H,53,73)(H,54,70)(H,55,72)(H,56,79)(H,57,75)(H,58,80)(H,59,71)(H,60,76)(H,61,74)(H,62,78)(H,68,69)(H,81,82)/t21-,22+,23+,24-,25-,26-,27-,28-,29-,30-,33-,34-,35-,36-/m0/s1. The van der Waals surface area contributed by atoms with Gasteiger partial charge in [0.1, 0.15) is 66.5 Å². The fourth-order valence-corrected chi connectivity index (χ4v) is 7.78. The molecule has 0 aromatic heterocycles. The second-order valence-electron chi connectivity index (χ2n) is 20.1. The Bertz CT molecular complexity index is 2300. The first-order valence-electron chi connectivity index (χ1n) is 26.4. The number of unbranched alkanes of at least 4 members (excludes halogenated alkanes) is 1. The topological polar surface area (TPSA) is 571 Å². The number of nitrogens with one attached hydrogen (secondary N) is 11. The highest BCUT2D eigenvalue weighted by atomic mass is 32.1. The molecule has 36 heteroatoms. The minimum atomic E-state index is -2.02. The summed E-state index contributed by atoms with van der Waals surface area (Å²) >= 11 is 8.21. The lowest BCUT2D eigenvalue weighted by Crippen LogP contribution is -2.63. The van der Waals surface area contributed by atoms with Crippen LogP contribution in [0.3, 0.4) is 0 Å². The number of thiol groups is 2. The zero-order valence-corrected chi connectivity index (χ0v) is 49.3. The minimum Gasteiger partial charge on any atom is -0.481 e. The van der Waals surface area contributed by atoms with Gasteiger partial charge < -0.3 is 106 Å². The SMILES string of the molecule is CC(C)[C@H](NC(=O)[C@H](CS)NC(=O)[C@H](CS)NC(=O)[C@@H](NC(=O)[C@H](CO)NC(=O)[C@H](CCC(=O)O)NC(=O)[C@H](CO)NC(=O)[C@@H](NC(=O)[C@@H](NC(=O)[C@@H](N)CC(N)=O)C(C)C)[C@@H](C)O)[C@@H](C)O)C(=O)N[C@@H](C)C(=O)N[C@@H](CCCCN)C(=O)O. The van der Waals surface area contributed by atoms with Crippen molar-refractivity contribution in [1.82, 2.24) is 58.5 Å². The molecule has 0 fully saturated rings. The van der Waals surface area contributed by atoms with E-state index in [4.69, 9.17) is 17.2 Å². The fourth-order valence-electron chi connectivity index (χ4n) is 7.27. The summed E-state index contributed by atoms with van der Waals surface area (Å²) in [5.74, 6) is -18.2. The van der Waals surface area contributed by atoms with Crippen molar-refractivity contribution >= 4 is 108 Å². The highest BCUT2D eigenvalue weighted by Gasteiger charge is 2.38. The number of aliphatic carboxylic acids is 2. The molecule has 0 aliphatic heterocycles. The van der Waals surface area contributed by atoms with E-state index < -0.39 is 218 Å². The minimum absolute atomic E-state index is 0.0783. The molecule has 0 aliphatic carbocycles. The molecule has 0 aromatic carbocycles. The van der Waals surface area contributed by atoms with E-state index in [1.165, 1.54) is 20.8 Å². The van der Waals surface area contributed by atoms with Gasteiger partial charge >= 0.3 is 11.9 Å². The predicted molar refractivity (Wildman–Crippen MR) is 301 cm³/mol. The van der Waals surface area contributed by atoms with Crippen LogP contribution in [-0.4, -0.2) is 229 Å². The van der Waals surface area contributed by atoms with Gasteiger partial charge in [0.15, 0.2) is 0 Å². The second kappa shape index (κ2) is 38.8. The Hall–Kier alpha value is -6.96. The van der Waals surface area contributed by atoms with Crippen LogP contribution in [0.5, 0.6) is 0 Å². The largest absolute Gasteiger partial charge is 0.481 e. The summed E-state index contributed by atoms with van der Waals surface area (Å²) in [6, 6.07) is -19.6. The lowest BCUT2D eigenvalue weighted by atomic mass is 10.0. The summed E-state index contributed by atoms with van der Waals surface area (Å²) in [6.07, 6.45) is -4.60. The molecule has 0 aromatic rings. The van der Waals surface area contributed by atoms with E-state index in [2.05, 4.69) is 78.4 Å². The van der Waals surface area contributed by atoms with E-state index in [1.54, 1.807) is 13.8 Å². The molecule has 14 atom stereocenters. The van der Waals surface area contributed by atoms with Crippen LogP contribution in [0.2, 0.25) is 0 Å². The summed E-state index contributed by atoms with van der Waals surface area (Å²) in [6.45, 7) is 7.34. The lowest BCUT2D eigenvalue weighted by molar-refractivity contribution is -0.142. The Labute approximate surface area is 494 Å². The Morgan fingerprint density at radius 2 is 0.774 bits per heavy atom. The third-order valence-electron chi connectivity index (χ3n) is 12.2. The quantitative estimate of drug-likeness (QED) is 0.0200. The van der Waals surface area contributed by atoms with Gasteiger partial charge in [0.25, 0.3) is 0 Å². The number of rotatable bonds is 40. The second-order valence-corrected chi connectivity index (χ2v) is 20.8. The maximum atomic E-state index is 13.6. The molecule has 0 unspecified atom stereocenters. The van der Waals surface area contributed by atoms with Gasteiger partial charge in [-0.3, -0.25) is 62.3 Å². The van der Waals surface area contributed by atoms with Crippen molar-refractivity contribution in [3.8, 4) is 0 Å². The van der Waals surface area contributed by atoms with Crippen molar-refractivity contribution in [1.29, 1.82) is 0 Å². The van der Waals surface area contributed by atoms with Gasteiger partial charge in [-0.1, -0.05) is 27.7 Å². The highest BCUT2D eigenvalue weighted by Crippen LogP contribution is 2.09. The third kappa shape index (κ3) is 27.2. The van der Waals surface area contributed by atoms with Gasteiger partial charge in [0.05, 0.1) is 37.9 Å². The van der Waals surface area contributed by atoms with Gasteiger partial charge in [0, 0.05) is 17.9 Å².